The average Bonchev–Trinajstić information content (AvgIpc) is 2.44. The monoisotopic (exact) mass is 284 g/mol. The van der Waals surface area contributed by atoms with Gasteiger partial charge in [-0.1, -0.05) is 85.5 Å². The molecule has 0 saturated carbocycles. The zero-order chi connectivity index (χ0) is 15.3. The Balaban J connectivity index is 3.55. The molecule has 0 aromatic heterocycles. The topological polar surface area (TPSA) is 20.2 Å². The number of unbranched alkanes of at least 4 members (excludes halogenated alkanes) is 6. The van der Waals surface area contributed by atoms with Crippen LogP contribution in [-0.4, -0.2) is 10.7 Å². The fourth-order valence-electron chi connectivity index (χ4n) is 3.05. The summed E-state index contributed by atoms with van der Waals surface area (Å²) < 4.78 is 0. The molecule has 1 nitrogen and oxygen atoms in total. The van der Waals surface area contributed by atoms with Gasteiger partial charge in [0.05, 0.1) is 5.60 Å². The third-order valence-electron chi connectivity index (χ3n) is 4.78. The maximum Gasteiger partial charge on any atom is 0.0645 e. The summed E-state index contributed by atoms with van der Waals surface area (Å²) >= 11 is 0. The van der Waals surface area contributed by atoms with Crippen LogP contribution in [0.2, 0.25) is 0 Å². The molecule has 20 heavy (non-hydrogen) atoms. The van der Waals surface area contributed by atoms with Crippen molar-refractivity contribution in [1.82, 2.24) is 0 Å². The van der Waals surface area contributed by atoms with E-state index in [1.807, 2.05) is 0 Å². The minimum atomic E-state index is -0.386. The van der Waals surface area contributed by atoms with E-state index in [1.54, 1.807) is 0 Å². The highest BCUT2D eigenvalue weighted by atomic mass is 16.3. The van der Waals surface area contributed by atoms with E-state index in [-0.39, 0.29) is 5.60 Å². The molecule has 0 fully saturated rings. The van der Waals surface area contributed by atoms with E-state index in [4.69, 9.17) is 0 Å². The minimum Gasteiger partial charge on any atom is -0.390 e. The van der Waals surface area contributed by atoms with E-state index < -0.39 is 0 Å². The number of hydrogen-bond acceptors (Lipinski definition) is 1. The van der Waals surface area contributed by atoms with Crippen molar-refractivity contribution in [2.24, 2.45) is 5.92 Å². The summed E-state index contributed by atoms with van der Waals surface area (Å²) in [4.78, 5) is 0. The van der Waals surface area contributed by atoms with E-state index in [2.05, 4.69) is 27.7 Å². The van der Waals surface area contributed by atoms with Crippen LogP contribution in [0.5, 0.6) is 0 Å². The minimum absolute atomic E-state index is 0.386. The second-order valence-corrected chi connectivity index (χ2v) is 6.88. The van der Waals surface area contributed by atoms with Crippen LogP contribution in [0, 0.1) is 5.92 Å². The van der Waals surface area contributed by atoms with Gasteiger partial charge >= 0.3 is 0 Å². The van der Waals surface area contributed by atoms with Crippen molar-refractivity contribution in [2.45, 2.75) is 117 Å². The smallest absolute Gasteiger partial charge is 0.0645 e. The Bertz CT molecular complexity index is 202. The summed E-state index contributed by atoms with van der Waals surface area (Å²) in [5.74, 6) is 0.778. The van der Waals surface area contributed by atoms with E-state index in [0.29, 0.717) is 0 Å². The first-order valence-corrected chi connectivity index (χ1v) is 9.30. The van der Waals surface area contributed by atoms with Gasteiger partial charge in [0.1, 0.15) is 0 Å². The Kier molecular flexibility index (Phi) is 12.7. The van der Waals surface area contributed by atoms with Gasteiger partial charge in [-0.25, -0.2) is 0 Å². The van der Waals surface area contributed by atoms with E-state index in [1.165, 1.54) is 57.8 Å². The van der Waals surface area contributed by atoms with Crippen molar-refractivity contribution in [3.63, 3.8) is 0 Å². The van der Waals surface area contributed by atoms with Gasteiger partial charge in [-0.15, -0.1) is 0 Å². The normalized spacial score (nSPS) is 16.1. The van der Waals surface area contributed by atoms with Gasteiger partial charge in [-0.05, 0) is 31.6 Å². The highest BCUT2D eigenvalue weighted by Crippen LogP contribution is 2.27. The van der Waals surface area contributed by atoms with Crippen molar-refractivity contribution < 1.29 is 5.11 Å². The summed E-state index contributed by atoms with van der Waals surface area (Å²) in [6, 6.07) is 0. The van der Waals surface area contributed by atoms with Gasteiger partial charge < -0.3 is 5.11 Å². The standard InChI is InChI=1S/C19H40O/c1-5-8-9-10-11-12-13-14-18(4)15-17-19(20,7-3)16-6-2/h18,20H,5-17H2,1-4H3. The Morgan fingerprint density at radius 3 is 1.90 bits per heavy atom. The summed E-state index contributed by atoms with van der Waals surface area (Å²) in [6.45, 7) is 8.93. The predicted octanol–water partition coefficient (Wildman–Crippen LogP) is 6.48. The molecular formula is C19H40O. The zero-order valence-electron chi connectivity index (χ0n) is 14.7. The van der Waals surface area contributed by atoms with Crippen LogP contribution in [0.4, 0.5) is 0 Å². The Morgan fingerprint density at radius 2 is 1.35 bits per heavy atom. The maximum absolute atomic E-state index is 10.5. The van der Waals surface area contributed by atoms with Crippen molar-refractivity contribution in [3.8, 4) is 0 Å². The molecule has 0 aromatic carbocycles. The lowest BCUT2D eigenvalue weighted by molar-refractivity contribution is 0.0125. The molecule has 0 rings (SSSR count). The molecule has 2 atom stereocenters. The highest BCUT2D eigenvalue weighted by Gasteiger charge is 2.23. The van der Waals surface area contributed by atoms with Gasteiger partial charge in [0.25, 0.3) is 0 Å². The first kappa shape index (κ1) is 20.0. The molecule has 0 aliphatic heterocycles. The molecule has 122 valence electrons. The molecule has 1 N–H and O–H groups in total. The molecule has 0 aliphatic carbocycles. The van der Waals surface area contributed by atoms with Gasteiger partial charge in [-0.3, -0.25) is 0 Å². The predicted molar refractivity (Wildman–Crippen MR) is 91.2 cm³/mol. The van der Waals surface area contributed by atoms with Crippen LogP contribution in [0.3, 0.4) is 0 Å². The molecule has 0 amide bonds. The lowest BCUT2D eigenvalue weighted by Crippen LogP contribution is -2.27. The van der Waals surface area contributed by atoms with Crippen LogP contribution in [0.1, 0.15) is 111 Å². The van der Waals surface area contributed by atoms with E-state index >= 15 is 0 Å². The lowest BCUT2D eigenvalue weighted by atomic mass is 9.86. The molecule has 2 unspecified atom stereocenters. The Morgan fingerprint density at radius 1 is 0.750 bits per heavy atom. The van der Waals surface area contributed by atoms with Crippen LogP contribution in [0.15, 0.2) is 0 Å². The number of rotatable bonds is 14. The second-order valence-electron chi connectivity index (χ2n) is 6.88. The lowest BCUT2D eigenvalue weighted by Gasteiger charge is -2.27. The average molecular weight is 285 g/mol. The fraction of sp³-hybridized carbons (Fsp3) is 1.00. The van der Waals surface area contributed by atoms with Gasteiger partial charge in [0.2, 0.25) is 0 Å². The van der Waals surface area contributed by atoms with Gasteiger partial charge in [0, 0.05) is 0 Å². The number of hydrogen-bond donors (Lipinski definition) is 1. The van der Waals surface area contributed by atoms with E-state index in [9.17, 15) is 5.11 Å². The van der Waals surface area contributed by atoms with Crippen LogP contribution >= 0.6 is 0 Å². The van der Waals surface area contributed by atoms with Crippen molar-refractivity contribution in [3.05, 3.63) is 0 Å². The molecule has 0 radical (unpaired) electrons. The largest absolute Gasteiger partial charge is 0.390 e. The highest BCUT2D eigenvalue weighted by molar-refractivity contribution is 4.77. The first-order chi connectivity index (χ1) is 9.58. The van der Waals surface area contributed by atoms with Gasteiger partial charge in [0.15, 0.2) is 0 Å². The fourth-order valence-corrected chi connectivity index (χ4v) is 3.05. The van der Waals surface area contributed by atoms with Crippen LogP contribution in [0.25, 0.3) is 0 Å². The molecule has 0 bridgehead atoms. The first-order valence-electron chi connectivity index (χ1n) is 9.30. The van der Waals surface area contributed by atoms with Crippen molar-refractivity contribution in [2.75, 3.05) is 0 Å². The molecule has 0 spiro atoms. The molecular weight excluding hydrogens is 244 g/mol. The maximum atomic E-state index is 10.5. The third-order valence-corrected chi connectivity index (χ3v) is 4.78. The molecule has 1 heteroatoms. The van der Waals surface area contributed by atoms with Crippen LogP contribution < -0.4 is 0 Å². The summed E-state index contributed by atoms with van der Waals surface area (Å²) in [5, 5.41) is 10.5. The van der Waals surface area contributed by atoms with Crippen molar-refractivity contribution in [1.29, 1.82) is 0 Å². The summed E-state index contributed by atoms with van der Waals surface area (Å²) in [6.07, 6.45) is 16.3. The number of aliphatic hydroxyl groups is 1. The SMILES string of the molecule is CCCCCCCCCC(C)CCC(O)(CC)CCC. The zero-order valence-corrected chi connectivity index (χ0v) is 14.7. The molecule has 0 heterocycles. The van der Waals surface area contributed by atoms with E-state index in [0.717, 1.165) is 31.6 Å². The Labute approximate surface area is 128 Å². The second kappa shape index (κ2) is 12.7. The molecule has 0 aliphatic rings. The molecule has 0 saturated heterocycles. The quantitative estimate of drug-likeness (QED) is 0.362. The Hall–Kier alpha value is -0.0400. The molecule has 0 aromatic rings. The van der Waals surface area contributed by atoms with Crippen molar-refractivity contribution >= 4 is 0 Å². The van der Waals surface area contributed by atoms with Gasteiger partial charge in [-0.2, -0.15) is 0 Å². The third kappa shape index (κ3) is 10.7. The summed E-state index contributed by atoms with van der Waals surface area (Å²) in [7, 11) is 0. The summed E-state index contributed by atoms with van der Waals surface area (Å²) in [5.41, 5.74) is -0.386. The van der Waals surface area contributed by atoms with Crippen LogP contribution in [-0.2, 0) is 0 Å².